The number of aromatic nitrogens is 2. The number of hydrogen-bond donors (Lipinski definition) is 1. The maximum atomic E-state index is 12.4. The highest BCUT2D eigenvalue weighted by molar-refractivity contribution is 6.01. The van der Waals surface area contributed by atoms with E-state index >= 15 is 0 Å². The van der Waals surface area contributed by atoms with Gasteiger partial charge in [-0.3, -0.25) is 10.1 Å². The van der Waals surface area contributed by atoms with Crippen molar-refractivity contribution in [1.82, 2.24) is 14.5 Å². The van der Waals surface area contributed by atoms with Crippen LogP contribution in [0.2, 0.25) is 0 Å². The van der Waals surface area contributed by atoms with Crippen LogP contribution >= 0.6 is 0 Å². The molecule has 1 N–H and O–H groups in total. The zero-order valence-electron chi connectivity index (χ0n) is 16.1. The highest BCUT2D eigenvalue weighted by atomic mass is 16.3. The van der Waals surface area contributed by atoms with E-state index in [-0.39, 0.29) is 5.91 Å². The summed E-state index contributed by atoms with van der Waals surface area (Å²) in [6, 6.07) is 11.6. The molecule has 142 valence electrons. The Morgan fingerprint density at radius 3 is 2.70 bits per heavy atom. The summed E-state index contributed by atoms with van der Waals surface area (Å²) in [7, 11) is 0. The van der Waals surface area contributed by atoms with Crippen LogP contribution in [0.15, 0.2) is 46.9 Å². The lowest BCUT2D eigenvalue weighted by Gasteiger charge is -2.19. The summed E-state index contributed by atoms with van der Waals surface area (Å²) in [6.07, 6.45) is 3.12. The van der Waals surface area contributed by atoms with Gasteiger partial charge in [-0.05, 0) is 50.4 Å². The quantitative estimate of drug-likeness (QED) is 0.614. The highest BCUT2D eigenvalue weighted by Crippen LogP contribution is 2.20. The summed E-state index contributed by atoms with van der Waals surface area (Å²) in [5, 5.41) is 2.90. The van der Waals surface area contributed by atoms with E-state index in [4.69, 9.17) is 4.42 Å². The van der Waals surface area contributed by atoms with Gasteiger partial charge in [-0.1, -0.05) is 26.0 Å². The van der Waals surface area contributed by atoms with Gasteiger partial charge in [0, 0.05) is 19.2 Å². The van der Waals surface area contributed by atoms with Gasteiger partial charge < -0.3 is 13.9 Å². The molecule has 0 spiro atoms. The molecule has 2 heterocycles. The fourth-order valence-electron chi connectivity index (χ4n) is 3.03. The Bertz CT molecular complexity index is 935. The van der Waals surface area contributed by atoms with Crippen molar-refractivity contribution >= 4 is 29.0 Å². The molecule has 0 atom stereocenters. The average Bonchev–Trinajstić information content (AvgIpc) is 3.24. The van der Waals surface area contributed by atoms with Crippen LogP contribution in [0.4, 0.5) is 5.95 Å². The molecule has 0 radical (unpaired) electrons. The summed E-state index contributed by atoms with van der Waals surface area (Å²) in [5.41, 5.74) is 1.89. The number of benzene rings is 1. The fraction of sp³-hybridized carbons (Fsp3) is 0.333. The molecular formula is C21H26N4O2. The molecule has 0 aliphatic rings. The third kappa shape index (κ3) is 4.65. The van der Waals surface area contributed by atoms with Crippen molar-refractivity contribution in [2.45, 2.75) is 27.3 Å². The van der Waals surface area contributed by atoms with Crippen molar-refractivity contribution in [2.24, 2.45) is 0 Å². The van der Waals surface area contributed by atoms with Gasteiger partial charge in [0.25, 0.3) is 5.91 Å². The van der Waals surface area contributed by atoms with Crippen LogP contribution in [0, 0.1) is 6.92 Å². The molecular weight excluding hydrogens is 340 g/mol. The first-order chi connectivity index (χ1) is 13.1. The Balaban J connectivity index is 1.79. The third-order valence-electron chi connectivity index (χ3n) is 4.58. The number of amides is 1. The van der Waals surface area contributed by atoms with Gasteiger partial charge in [0.1, 0.15) is 11.5 Å². The van der Waals surface area contributed by atoms with E-state index in [1.807, 2.05) is 43.3 Å². The lowest BCUT2D eigenvalue weighted by molar-refractivity contribution is -0.111. The molecule has 0 aliphatic heterocycles. The van der Waals surface area contributed by atoms with Gasteiger partial charge in [-0.15, -0.1) is 0 Å². The molecule has 27 heavy (non-hydrogen) atoms. The molecule has 3 aromatic rings. The maximum absolute atomic E-state index is 12.4. The number of furan rings is 1. The number of carbonyl (C=O) groups excluding carboxylic acids is 1. The summed E-state index contributed by atoms with van der Waals surface area (Å²) < 4.78 is 7.52. The Labute approximate surface area is 159 Å². The number of aryl methyl sites for hydroxylation is 1. The molecule has 0 saturated heterocycles. The number of imidazole rings is 1. The number of nitrogens with one attached hydrogen (secondary N) is 1. The first-order valence-corrected chi connectivity index (χ1v) is 9.33. The largest absolute Gasteiger partial charge is 0.462 e. The number of carbonyl (C=O) groups is 1. The summed E-state index contributed by atoms with van der Waals surface area (Å²) in [4.78, 5) is 19.3. The van der Waals surface area contributed by atoms with E-state index in [0.717, 1.165) is 43.0 Å². The van der Waals surface area contributed by atoms with Crippen molar-refractivity contribution in [3.8, 4) is 0 Å². The van der Waals surface area contributed by atoms with Gasteiger partial charge in [-0.25, -0.2) is 4.98 Å². The SMILES string of the molecule is CCN(CC)CCn1c(NC(=O)C=Cc2ccc(C)o2)nc2ccccc21. The van der Waals surface area contributed by atoms with E-state index in [1.54, 1.807) is 6.08 Å². The first kappa shape index (κ1) is 18.9. The van der Waals surface area contributed by atoms with Gasteiger partial charge in [0.2, 0.25) is 5.95 Å². The van der Waals surface area contributed by atoms with Crippen LogP contribution < -0.4 is 5.32 Å². The minimum absolute atomic E-state index is 0.233. The van der Waals surface area contributed by atoms with Crippen LogP contribution in [0.5, 0.6) is 0 Å². The number of para-hydroxylation sites is 2. The third-order valence-corrected chi connectivity index (χ3v) is 4.58. The molecule has 1 amide bonds. The summed E-state index contributed by atoms with van der Waals surface area (Å²) >= 11 is 0. The highest BCUT2D eigenvalue weighted by Gasteiger charge is 2.13. The van der Waals surface area contributed by atoms with Crippen molar-refractivity contribution in [1.29, 1.82) is 0 Å². The van der Waals surface area contributed by atoms with Crippen molar-refractivity contribution in [2.75, 3.05) is 25.0 Å². The molecule has 0 bridgehead atoms. The van der Waals surface area contributed by atoms with E-state index < -0.39 is 0 Å². The van der Waals surface area contributed by atoms with E-state index in [9.17, 15) is 4.79 Å². The zero-order valence-corrected chi connectivity index (χ0v) is 16.1. The van der Waals surface area contributed by atoms with E-state index in [0.29, 0.717) is 11.7 Å². The average molecular weight is 366 g/mol. The summed E-state index contributed by atoms with van der Waals surface area (Å²) in [6.45, 7) is 9.83. The number of nitrogens with zero attached hydrogens (tertiary/aromatic N) is 3. The van der Waals surface area contributed by atoms with Crippen molar-refractivity contribution in [3.05, 3.63) is 54.0 Å². The molecule has 2 aromatic heterocycles. The van der Waals surface area contributed by atoms with Crippen LogP contribution in [0.1, 0.15) is 25.4 Å². The Morgan fingerprint density at radius 2 is 2.00 bits per heavy atom. The molecule has 6 heteroatoms. The van der Waals surface area contributed by atoms with Gasteiger partial charge in [0.05, 0.1) is 11.0 Å². The number of likely N-dealkylation sites (N-methyl/N-ethyl adjacent to an activating group) is 1. The molecule has 0 unspecified atom stereocenters. The molecule has 0 fully saturated rings. The Kier molecular flexibility index (Phi) is 6.08. The molecule has 0 aliphatic carbocycles. The molecule has 3 rings (SSSR count). The van der Waals surface area contributed by atoms with Crippen LogP contribution in [-0.4, -0.2) is 40.0 Å². The standard InChI is InChI=1S/C21H26N4O2/c1-4-24(5-2)14-15-25-19-9-7-6-8-18(19)22-21(25)23-20(26)13-12-17-11-10-16(3)27-17/h6-13H,4-5,14-15H2,1-3H3,(H,22,23,26). The van der Waals surface area contributed by atoms with Crippen molar-refractivity contribution in [3.63, 3.8) is 0 Å². The maximum Gasteiger partial charge on any atom is 0.250 e. The number of rotatable bonds is 8. The Hall–Kier alpha value is -2.86. The first-order valence-electron chi connectivity index (χ1n) is 9.33. The minimum atomic E-state index is -0.233. The predicted molar refractivity (Wildman–Crippen MR) is 109 cm³/mol. The lowest BCUT2D eigenvalue weighted by Crippen LogP contribution is -2.27. The number of fused-ring (bicyclic) bond motifs is 1. The van der Waals surface area contributed by atoms with Crippen LogP contribution in [0.3, 0.4) is 0 Å². The lowest BCUT2D eigenvalue weighted by atomic mass is 10.3. The molecule has 1 aromatic carbocycles. The van der Waals surface area contributed by atoms with Gasteiger partial charge in [-0.2, -0.15) is 0 Å². The second kappa shape index (κ2) is 8.68. The van der Waals surface area contributed by atoms with Crippen LogP contribution in [-0.2, 0) is 11.3 Å². The van der Waals surface area contributed by atoms with Gasteiger partial charge >= 0.3 is 0 Å². The van der Waals surface area contributed by atoms with E-state index in [2.05, 4.69) is 33.6 Å². The predicted octanol–water partition coefficient (Wildman–Crippen LogP) is 3.93. The Morgan fingerprint density at radius 1 is 1.22 bits per heavy atom. The molecule has 0 saturated carbocycles. The summed E-state index contributed by atoms with van der Waals surface area (Å²) in [5.74, 6) is 1.79. The van der Waals surface area contributed by atoms with Gasteiger partial charge in [0.15, 0.2) is 0 Å². The normalized spacial score (nSPS) is 11.7. The topological polar surface area (TPSA) is 63.3 Å². The second-order valence-corrected chi connectivity index (χ2v) is 6.37. The smallest absolute Gasteiger partial charge is 0.250 e. The van der Waals surface area contributed by atoms with Crippen molar-refractivity contribution < 1.29 is 9.21 Å². The van der Waals surface area contributed by atoms with Crippen LogP contribution in [0.25, 0.3) is 17.1 Å². The second-order valence-electron chi connectivity index (χ2n) is 6.37. The molecule has 6 nitrogen and oxygen atoms in total. The number of hydrogen-bond acceptors (Lipinski definition) is 4. The fourth-order valence-corrected chi connectivity index (χ4v) is 3.03. The monoisotopic (exact) mass is 366 g/mol. The van der Waals surface area contributed by atoms with E-state index in [1.165, 1.54) is 6.08 Å². The number of anilines is 1. The minimum Gasteiger partial charge on any atom is -0.462 e. The zero-order chi connectivity index (χ0) is 19.2.